The molecule has 7 nitrogen and oxygen atoms in total. The number of piperidine rings is 1. The second-order valence-corrected chi connectivity index (χ2v) is 7.84. The number of nitrogens with one attached hydrogen (secondary N) is 1. The first-order chi connectivity index (χ1) is 14.2. The molecule has 1 aromatic heterocycles. The minimum atomic E-state index is -0.0192. The molecule has 0 radical (unpaired) electrons. The summed E-state index contributed by atoms with van der Waals surface area (Å²) in [5.41, 5.74) is 2.34. The lowest BCUT2D eigenvalue weighted by atomic mass is 9.97. The number of aryl methyl sites for hydroxylation is 1. The Morgan fingerprint density at radius 3 is 2.59 bits per heavy atom. The Balaban J connectivity index is 1.33. The van der Waals surface area contributed by atoms with Crippen LogP contribution in [0.15, 0.2) is 36.4 Å². The number of carbonyl (C=O) groups excluding carboxylic acids is 1. The molecule has 2 fully saturated rings. The molecule has 1 unspecified atom stereocenters. The molecule has 154 valence electrons. The molecule has 7 heteroatoms. The summed E-state index contributed by atoms with van der Waals surface area (Å²) in [4.78, 5) is 17.1. The lowest BCUT2D eigenvalue weighted by molar-refractivity contribution is -0.125. The van der Waals surface area contributed by atoms with E-state index in [-0.39, 0.29) is 11.8 Å². The zero-order valence-electron chi connectivity index (χ0n) is 17.0. The van der Waals surface area contributed by atoms with Crippen molar-refractivity contribution in [3.8, 4) is 0 Å². The fourth-order valence-corrected chi connectivity index (χ4v) is 4.00. The summed E-state index contributed by atoms with van der Waals surface area (Å²) in [6.45, 7) is 7.39. The van der Waals surface area contributed by atoms with E-state index in [9.17, 15) is 4.79 Å². The zero-order valence-corrected chi connectivity index (χ0v) is 17.0. The van der Waals surface area contributed by atoms with E-state index in [4.69, 9.17) is 4.74 Å². The van der Waals surface area contributed by atoms with Gasteiger partial charge in [0.05, 0.1) is 19.1 Å². The Hall–Kier alpha value is -2.67. The van der Waals surface area contributed by atoms with Gasteiger partial charge in [0.25, 0.3) is 0 Å². The van der Waals surface area contributed by atoms with Crippen LogP contribution in [0.1, 0.15) is 24.0 Å². The van der Waals surface area contributed by atoms with Crippen molar-refractivity contribution < 1.29 is 9.53 Å². The number of nitrogens with zero attached hydrogens (tertiary/aromatic N) is 4. The van der Waals surface area contributed by atoms with Gasteiger partial charge in [-0.1, -0.05) is 29.8 Å². The molecule has 2 saturated heterocycles. The number of benzene rings is 1. The SMILES string of the molecule is Cc1cccc(CNC(=O)C2CCCN(c3ccc(N4CCOCC4)nn3)C2)c1. The van der Waals surface area contributed by atoms with Gasteiger partial charge < -0.3 is 19.9 Å². The maximum Gasteiger partial charge on any atom is 0.225 e. The van der Waals surface area contributed by atoms with Gasteiger partial charge in [0.15, 0.2) is 11.6 Å². The summed E-state index contributed by atoms with van der Waals surface area (Å²) in [6.07, 6.45) is 1.89. The summed E-state index contributed by atoms with van der Waals surface area (Å²) in [5.74, 6) is 1.84. The van der Waals surface area contributed by atoms with Crippen LogP contribution >= 0.6 is 0 Å². The number of ether oxygens (including phenoxy) is 1. The topological polar surface area (TPSA) is 70.6 Å². The van der Waals surface area contributed by atoms with Gasteiger partial charge in [-0.25, -0.2) is 0 Å². The maximum absolute atomic E-state index is 12.7. The molecule has 3 heterocycles. The van der Waals surface area contributed by atoms with E-state index in [1.54, 1.807) is 0 Å². The molecule has 1 N–H and O–H groups in total. The summed E-state index contributed by atoms with van der Waals surface area (Å²) in [6, 6.07) is 12.3. The van der Waals surface area contributed by atoms with Gasteiger partial charge in [-0.05, 0) is 37.5 Å². The largest absolute Gasteiger partial charge is 0.378 e. The maximum atomic E-state index is 12.7. The number of amides is 1. The van der Waals surface area contributed by atoms with Gasteiger partial charge in [-0.3, -0.25) is 4.79 Å². The predicted octanol–water partition coefficient (Wildman–Crippen LogP) is 2.15. The molecule has 2 aliphatic heterocycles. The lowest BCUT2D eigenvalue weighted by Gasteiger charge is -2.33. The van der Waals surface area contributed by atoms with E-state index >= 15 is 0 Å². The van der Waals surface area contributed by atoms with Crippen molar-refractivity contribution in [3.63, 3.8) is 0 Å². The van der Waals surface area contributed by atoms with Crippen LogP contribution in [0.2, 0.25) is 0 Å². The minimum absolute atomic E-state index is 0.0192. The third kappa shape index (κ3) is 5.03. The molecule has 2 aromatic rings. The normalized spacial score (nSPS) is 19.8. The highest BCUT2D eigenvalue weighted by atomic mass is 16.5. The quantitative estimate of drug-likeness (QED) is 0.837. The number of morpholine rings is 1. The van der Waals surface area contributed by atoms with Crippen molar-refractivity contribution in [2.24, 2.45) is 5.92 Å². The number of carbonyl (C=O) groups is 1. The average molecular weight is 396 g/mol. The van der Waals surface area contributed by atoms with Crippen LogP contribution in [-0.2, 0) is 16.1 Å². The van der Waals surface area contributed by atoms with E-state index in [2.05, 4.69) is 44.4 Å². The molecule has 0 bridgehead atoms. The first-order valence-corrected chi connectivity index (χ1v) is 10.4. The van der Waals surface area contributed by atoms with E-state index in [1.165, 1.54) is 5.56 Å². The first kappa shape index (κ1) is 19.6. The summed E-state index contributed by atoms with van der Waals surface area (Å²) >= 11 is 0. The van der Waals surface area contributed by atoms with Gasteiger partial charge >= 0.3 is 0 Å². The number of hydrogen-bond acceptors (Lipinski definition) is 6. The fraction of sp³-hybridized carbons (Fsp3) is 0.500. The highest BCUT2D eigenvalue weighted by Crippen LogP contribution is 2.23. The third-order valence-corrected chi connectivity index (χ3v) is 5.64. The molecule has 1 atom stereocenters. The van der Waals surface area contributed by atoms with Crippen molar-refractivity contribution in [1.29, 1.82) is 0 Å². The van der Waals surface area contributed by atoms with Crippen molar-refractivity contribution in [3.05, 3.63) is 47.5 Å². The predicted molar refractivity (Wildman–Crippen MR) is 113 cm³/mol. The van der Waals surface area contributed by atoms with E-state index in [0.717, 1.165) is 62.9 Å². The van der Waals surface area contributed by atoms with Crippen molar-refractivity contribution in [2.75, 3.05) is 49.2 Å². The summed E-state index contributed by atoms with van der Waals surface area (Å²) in [5, 5.41) is 11.9. The van der Waals surface area contributed by atoms with Crippen LogP contribution in [0.3, 0.4) is 0 Å². The number of anilines is 2. The van der Waals surface area contributed by atoms with E-state index in [0.29, 0.717) is 13.1 Å². The van der Waals surface area contributed by atoms with Crippen LogP contribution in [0.5, 0.6) is 0 Å². The fourth-order valence-electron chi connectivity index (χ4n) is 4.00. The zero-order chi connectivity index (χ0) is 20.1. The van der Waals surface area contributed by atoms with Gasteiger partial charge in [0.1, 0.15) is 0 Å². The molecule has 0 spiro atoms. The second kappa shape index (κ2) is 9.22. The van der Waals surface area contributed by atoms with Crippen LogP contribution in [0.25, 0.3) is 0 Å². The first-order valence-electron chi connectivity index (χ1n) is 10.4. The van der Waals surface area contributed by atoms with Crippen molar-refractivity contribution in [1.82, 2.24) is 15.5 Å². The Bertz CT molecular complexity index is 820. The lowest BCUT2D eigenvalue weighted by Crippen LogP contribution is -2.43. The highest BCUT2D eigenvalue weighted by molar-refractivity contribution is 5.79. The smallest absolute Gasteiger partial charge is 0.225 e. The van der Waals surface area contributed by atoms with Gasteiger partial charge in [0, 0.05) is 32.7 Å². The Morgan fingerprint density at radius 1 is 1.10 bits per heavy atom. The van der Waals surface area contributed by atoms with Crippen LogP contribution in [-0.4, -0.2) is 55.5 Å². The molecule has 1 aromatic carbocycles. The summed E-state index contributed by atoms with van der Waals surface area (Å²) < 4.78 is 5.39. The van der Waals surface area contributed by atoms with Crippen molar-refractivity contribution in [2.45, 2.75) is 26.3 Å². The highest BCUT2D eigenvalue weighted by Gasteiger charge is 2.26. The molecule has 2 aliphatic rings. The van der Waals surface area contributed by atoms with E-state index < -0.39 is 0 Å². The number of hydrogen-bond donors (Lipinski definition) is 1. The van der Waals surface area contributed by atoms with Gasteiger partial charge in [-0.15, -0.1) is 10.2 Å². The standard InChI is InChI=1S/C22H29N5O2/c1-17-4-2-5-18(14-17)15-23-22(28)19-6-3-9-27(16-19)21-8-7-20(24-25-21)26-10-12-29-13-11-26/h2,4-5,7-8,14,19H,3,6,9-13,15-16H2,1H3,(H,23,28). The molecule has 0 saturated carbocycles. The van der Waals surface area contributed by atoms with Gasteiger partial charge in [0.2, 0.25) is 5.91 Å². The molecule has 1 amide bonds. The molecule has 0 aliphatic carbocycles. The minimum Gasteiger partial charge on any atom is -0.378 e. The van der Waals surface area contributed by atoms with Crippen LogP contribution in [0.4, 0.5) is 11.6 Å². The van der Waals surface area contributed by atoms with Crippen LogP contribution < -0.4 is 15.1 Å². The summed E-state index contributed by atoms with van der Waals surface area (Å²) in [7, 11) is 0. The third-order valence-electron chi connectivity index (χ3n) is 5.64. The molecule has 4 rings (SSSR count). The Kier molecular flexibility index (Phi) is 6.24. The molecule has 29 heavy (non-hydrogen) atoms. The number of aromatic nitrogens is 2. The Labute approximate surface area is 172 Å². The van der Waals surface area contributed by atoms with E-state index in [1.807, 2.05) is 24.3 Å². The Morgan fingerprint density at radius 2 is 1.86 bits per heavy atom. The number of rotatable bonds is 5. The average Bonchev–Trinajstić information content (AvgIpc) is 2.78. The van der Waals surface area contributed by atoms with Gasteiger partial charge in [-0.2, -0.15) is 0 Å². The monoisotopic (exact) mass is 395 g/mol. The molecular formula is C22H29N5O2. The van der Waals surface area contributed by atoms with Crippen LogP contribution in [0, 0.1) is 12.8 Å². The van der Waals surface area contributed by atoms with Crippen molar-refractivity contribution >= 4 is 17.5 Å². The second-order valence-electron chi connectivity index (χ2n) is 7.84. The molecular weight excluding hydrogens is 366 g/mol.